The summed E-state index contributed by atoms with van der Waals surface area (Å²) < 4.78 is 15.8. The molecule has 1 aromatic carbocycles. The number of halogens is 2. The molecule has 1 N–H and O–H groups in total. The maximum Gasteiger partial charge on any atom is 0.129 e. The third kappa shape index (κ3) is 3.41. The Balaban J connectivity index is 2.17. The molecule has 2 nitrogen and oxygen atoms in total. The minimum absolute atomic E-state index is 0.262. The van der Waals surface area contributed by atoms with Crippen LogP contribution in [0.3, 0.4) is 0 Å². The van der Waals surface area contributed by atoms with E-state index in [1.807, 2.05) is 17.8 Å². The minimum atomic E-state index is -0.262. The fourth-order valence-corrected chi connectivity index (χ4v) is 2.63. The molecule has 0 aliphatic rings. The molecule has 2 aromatic rings. The zero-order valence-corrected chi connectivity index (χ0v) is 12.8. The first-order valence-corrected chi connectivity index (χ1v) is 7.16. The van der Waals surface area contributed by atoms with Gasteiger partial charge in [-0.1, -0.05) is 31.5 Å². The Labute approximate surface area is 124 Å². The molecule has 4 heteroatoms. The van der Waals surface area contributed by atoms with E-state index in [-0.39, 0.29) is 5.82 Å². The van der Waals surface area contributed by atoms with Crippen LogP contribution in [0.25, 0.3) is 0 Å². The molecule has 0 fully saturated rings. The monoisotopic (exact) mass is 294 g/mol. The molecule has 0 bridgehead atoms. The highest BCUT2D eigenvalue weighted by Crippen LogP contribution is 2.22. The lowest BCUT2D eigenvalue weighted by Gasteiger charge is -2.18. The molecule has 2 rings (SSSR count). The van der Waals surface area contributed by atoms with Crippen LogP contribution in [0, 0.1) is 11.7 Å². The van der Waals surface area contributed by atoms with Crippen LogP contribution in [0.4, 0.5) is 4.39 Å². The lowest BCUT2D eigenvalue weighted by Crippen LogP contribution is -2.21. The molecule has 20 heavy (non-hydrogen) atoms. The molecule has 0 amide bonds. The first kappa shape index (κ1) is 15.1. The molecular formula is C16H20ClFN2. The number of hydrogen-bond donors (Lipinski definition) is 1. The lowest BCUT2D eigenvalue weighted by molar-refractivity contribution is 0.442. The standard InChI is InChI=1S/C16H20ClFN2/c1-11(2)16(19-3)13-6-7-20(10-13)9-12-4-5-14(17)8-15(12)18/h4-8,10-11,16,19H,9H2,1-3H3. The van der Waals surface area contributed by atoms with Gasteiger partial charge in [0.2, 0.25) is 0 Å². The molecule has 1 aromatic heterocycles. The number of nitrogens with zero attached hydrogens (tertiary/aromatic N) is 1. The van der Waals surface area contributed by atoms with Crippen molar-refractivity contribution in [2.24, 2.45) is 5.92 Å². The van der Waals surface area contributed by atoms with E-state index >= 15 is 0 Å². The van der Waals surface area contributed by atoms with E-state index < -0.39 is 0 Å². The smallest absolute Gasteiger partial charge is 0.129 e. The third-order valence-corrected chi connectivity index (χ3v) is 3.71. The molecular weight excluding hydrogens is 275 g/mol. The predicted octanol–water partition coefficient (Wildman–Crippen LogP) is 4.25. The van der Waals surface area contributed by atoms with E-state index in [9.17, 15) is 4.39 Å². The van der Waals surface area contributed by atoms with Gasteiger partial charge in [-0.2, -0.15) is 0 Å². The SMILES string of the molecule is CNC(c1ccn(Cc2ccc(Cl)cc2F)c1)C(C)C. The second-order valence-corrected chi connectivity index (χ2v) is 5.80. The van der Waals surface area contributed by atoms with Crippen molar-refractivity contribution in [1.82, 2.24) is 9.88 Å². The van der Waals surface area contributed by atoms with Crippen LogP contribution in [0.1, 0.15) is 31.0 Å². The van der Waals surface area contributed by atoms with E-state index in [1.54, 1.807) is 12.1 Å². The number of aromatic nitrogens is 1. The summed E-state index contributed by atoms with van der Waals surface area (Å²) in [4.78, 5) is 0. The number of hydrogen-bond acceptors (Lipinski definition) is 1. The summed E-state index contributed by atoms with van der Waals surface area (Å²) in [5, 5.41) is 3.73. The second kappa shape index (κ2) is 6.42. The fourth-order valence-electron chi connectivity index (χ4n) is 2.47. The van der Waals surface area contributed by atoms with Gasteiger partial charge in [-0.25, -0.2) is 4.39 Å². The summed E-state index contributed by atoms with van der Waals surface area (Å²) in [6.07, 6.45) is 4.05. The summed E-state index contributed by atoms with van der Waals surface area (Å²) in [7, 11) is 1.96. The lowest BCUT2D eigenvalue weighted by atomic mass is 9.99. The Kier molecular flexibility index (Phi) is 4.84. The van der Waals surface area contributed by atoms with Crippen LogP contribution in [0.15, 0.2) is 36.7 Å². The molecule has 0 saturated carbocycles. The van der Waals surface area contributed by atoms with Crippen molar-refractivity contribution in [3.05, 3.63) is 58.6 Å². The highest BCUT2D eigenvalue weighted by atomic mass is 35.5. The van der Waals surface area contributed by atoms with Gasteiger partial charge in [0.25, 0.3) is 0 Å². The van der Waals surface area contributed by atoms with Gasteiger partial charge in [0.1, 0.15) is 5.82 Å². The van der Waals surface area contributed by atoms with E-state index in [4.69, 9.17) is 11.6 Å². The van der Waals surface area contributed by atoms with Gasteiger partial charge in [0.05, 0.1) is 0 Å². The molecule has 0 radical (unpaired) electrons. The summed E-state index contributed by atoms with van der Waals surface area (Å²) in [5.74, 6) is 0.241. The fraction of sp³-hybridized carbons (Fsp3) is 0.375. The van der Waals surface area contributed by atoms with E-state index in [1.165, 1.54) is 11.6 Å². The Bertz CT molecular complexity index is 578. The van der Waals surface area contributed by atoms with Crippen LogP contribution in [-0.2, 0) is 6.54 Å². The number of nitrogens with one attached hydrogen (secondary N) is 1. The molecule has 1 unspecified atom stereocenters. The predicted molar refractivity (Wildman–Crippen MR) is 81.6 cm³/mol. The van der Waals surface area contributed by atoms with Crippen molar-refractivity contribution in [3.63, 3.8) is 0 Å². The molecule has 0 aliphatic carbocycles. The van der Waals surface area contributed by atoms with Crippen molar-refractivity contribution in [3.8, 4) is 0 Å². The Morgan fingerprint density at radius 3 is 2.65 bits per heavy atom. The van der Waals surface area contributed by atoms with Gasteiger partial charge in [0.15, 0.2) is 0 Å². The van der Waals surface area contributed by atoms with Crippen molar-refractivity contribution in [2.75, 3.05) is 7.05 Å². The van der Waals surface area contributed by atoms with Gasteiger partial charge in [-0.15, -0.1) is 0 Å². The maximum absolute atomic E-state index is 13.8. The molecule has 0 spiro atoms. The van der Waals surface area contributed by atoms with Gasteiger partial charge < -0.3 is 9.88 Å². The first-order valence-electron chi connectivity index (χ1n) is 6.78. The summed E-state index contributed by atoms with van der Waals surface area (Å²) >= 11 is 5.76. The van der Waals surface area contributed by atoms with Gasteiger partial charge in [-0.05, 0) is 36.7 Å². The normalized spacial score (nSPS) is 12.9. The van der Waals surface area contributed by atoms with Gasteiger partial charge in [0, 0.05) is 35.6 Å². The van der Waals surface area contributed by atoms with Crippen LogP contribution < -0.4 is 5.32 Å². The molecule has 1 atom stereocenters. The Morgan fingerprint density at radius 1 is 1.30 bits per heavy atom. The number of rotatable bonds is 5. The molecule has 108 valence electrons. The average molecular weight is 295 g/mol. The maximum atomic E-state index is 13.8. The van der Waals surface area contributed by atoms with Crippen LogP contribution >= 0.6 is 11.6 Å². The molecule has 0 saturated heterocycles. The Morgan fingerprint density at radius 2 is 2.05 bits per heavy atom. The van der Waals surface area contributed by atoms with Gasteiger partial charge >= 0.3 is 0 Å². The Hall–Kier alpha value is -1.32. The van der Waals surface area contributed by atoms with Crippen LogP contribution in [0.5, 0.6) is 0 Å². The molecule has 0 aliphatic heterocycles. The van der Waals surface area contributed by atoms with E-state index in [0.717, 1.165) is 0 Å². The quantitative estimate of drug-likeness (QED) is 0.872. The van der Waals surface area contributed by atoms with Crippen molar-refractivity contribution in [2.45, 2.75) is 26.4 Å². The highest BCUT2D eigenvalue weighted by Gasteiger charge is 2.14. The topological polar surface area (TPSA) is 17.0 Å². The average Bonchev–Trinajstić information content (AvgIpc) is 2.81. The van der Waals surface area contributed by atoms with E-state index in [0.29, 0.717) is 29.1 Å². The summed E-state index contributed by atoms with van der Waals surface area (Å²) in [6.45, 7) is 4.87. The van der Waals surface area contributed by atoms with Crippen molar-refractivity contribution < 1.29 is 4.39 Å². The van der Waals surface area contributed by atoms with Gasteiger partial charge in [-0.3, -0.25) is 0 Å². The van der Waals surface area contributed by atoms with Crippen molar-refractivity contribution >= 4 is 11.6 Å². The minimum Gasteiger partial charge on any atom is -0.349 e. The van der Waals surface area contributed by atoms with Crippen molar-refractivity contribution in [1.29, 1.82) is 0 Å². The third-order valence-electron chi connectivity index (χ3n) is 3.48. The van der Waals surface area contributed by atoms with Crippen LogP contribution in [-0.4, -0.2) is 11.6 Å². The molecule has 1 heterocycles. The largest absolute Gasteiger partial charge is 0.349 e. The summed E-state index contributed by atoms with van der Waals surface area (Å²) in [6, 6.07) is 7.19. The number of benzene rings is 1. The zero-order chi connectivity index (χ0) is 14.7. The van der Waals surface area contributed by atoms with E-state index in [2.05, 4.69) is 31.4 Å². The van der Waals surface area contributed by atoms with Crippen LogP contribution in [0.2, 0.25) is 5.02 Å². The summed E-state index contributed by atoms with van der Waals surface area (Å²) in [5.41, 5.74) is 1.86. The zero-order valence-electron chi connectivity index (χ0n) is 12.0. The highest BCUT2D eigenvalue weighted by molar-refractivity contribution is 6.30. The first-order chi connectivity index (χ1) is 9.51. The second-order valence-electron chi connectivity index (χ2n) is 5.36.